The number of aromatic nitrogens is 1. The van der Waals surface area contributed by atoms with Gasteiger partial charge in [0.05, 0.1) is 25.9 Å². The summed E-state index contributed by atoms with van der Waals surface area (Å²) in [4.78, 5) is 28.1. The van der Waals surface area contributed by atoms with Crippen molar-refractivity contribution < 1.29 is 18.7 Å². The predicted molar refractivity (Wildman–Crippen MR) is 104 cm³/mol. The summed E-state index contributed by atoms with van der Waals surface area (Å²) in [7, 11) is 0. The number of rotatable bonds is 7. The fourth-order valence-electron chi connectivity index (χ4n) is 2.41. The lowest BCUT2D eigenvalue weighted by atomic mass is 10.2. The third kappa shape index (κ3) is 5.48. The van der Waals surface area contributed by atoms with E-state index in [4.69, 9.17) is 16.3 Å². The second kappa shape index (κ2) is 8.92. The van der Waals surface area contributed by atoms with Gasteiger partial charge in [-0.15, -0.1) is 11.3 Å². The Morgan fingerprint density at radius 3 is 2.81 bits per heavy atom. The number of esters is 1. The molecular formula is C19H16ClFN2O3S. The number of aryl methyl sites for hydroxylation is 1. The molecule has 3 rings (SSSR count). The van der Waals surface area contributed by atoms with Crippen LogP contribution in [0.4, 0.5) is 10.1 Å². The van der Waals surface area contributed by atoms with Gasteiger partial charge in [0, 0.05) is 6.42 Å². The predicted octanol–water partition coefficient (Wildman–Crippen LogP) is 4.59. The van der Waals surface area contributed by atoms with Crippen molar-refractivity contribution in [3.63, 3.8) is 0 Å². The average molecular weight is 407 g/mol. The highest BCUT2D eigenvalue weighted by atomic mass is 35.5. The highest BCUT2D eigenvalue weighted by Gasteiger charge is 2.11. The molecule has 8 heteroatoms. The minimum atomic E-state index is -0.539. The highest BCUT2D eigenvalue weighted by Crippen LogP contribution is 2.23. The Hall–Kier alpha value is -2.51. The molecule has 0 radical (unpaired) electrons. The van der Waals surface area contributed by atoms with Gasteiger partial charge in [-0.05, 0) is 43.2 Å². The van der Waals surface area contributed by atoms with Crippen LogP contribution in [0.2, 0.25) is 5.02 Å². The molecule has 0 fully saturated rings. The number of nitrogens with one attached hydrogen (secondary N) is 1. The quantitative estimate of drug-likeness (QED) is 0.582. The van der Waals surface area contributed by atoms with Crippen molar-refractivity contribution in [2.45, 2.75) is 19.3 Å². The molecule has 0 aliphatic heterocycles. The van der Waals surface area contributed by atoms with E-state index in [1.165, 1.54) is 12.1 Å². The number of fused-ring (bicyclic) bond motifs is 1. The van der Waals surface area contributed by atoms with E-state index in [0.29, 0.717) is 12.8 Å². The van der Waals surface area contributed by atoms with Crippen LogP contribution in [0.3, 0.4) is 0 Å². The molecule has 1 aromatic heterocycles. The van der Waals surface area contributed by atoms with Crippen LogP contribution in [0.1, 0.15) is 17.8 Å². The van der Waals surface area contributed by atoms with Crippen molar-refractivity contribution in [3.8, 4) is 0 Å². The van der Waals surface area contributed by atoms with Gasteiger partial charge in [0.15, 0.2) is 6.61 Å². The van der Waals surface area contributed by atoms with Crippen LogP contribution in [0.5, 0.6) is 0 Å². The third-order valence-electron chi connectivity index (χ3n) is 3.68. The summed E-state index contributed by atoms with van der Waals surface area (Å²) >= 11 is 7.43. The summed E-state index contributed by atoms with van der Waals surface area (Å²) in [6, 6.07) is 11.5. The molecule has 1 heterocycles. The zero-order valence-corrected chi connectivity index (χ0v) is 15.8. The van der Waals surface area contributed by atoms with Gasteiger partial charge in [0.2, 0.25) is 0 Å². The van der Waals surface area contributed by atoms with Gasteiger partial charge < -0.3 is 10.1 Å². The van der Waals surface area contributed by atoms with Crippen LogP contribution in [-0.4, -0.2) is 23.5 Å². The fourth-order valence-corrected chi connectivity index (χ4v) is 3.63. The Morgan fingerprint density at radius 2 is 2.04 bits per heavy atom. The van der Waals surface area contributed by atoms with E-state index in [0.717, 1.165) is 21.3 Å². The van der Waals surface area contributed by atoms with Crippen molar-refractivity contribution in [3.05, 3.63) is 58.3 Å². The van der Waals surface area contributed by atoms with Gasteiger partial charge in [-0.3, -0.25) is 9.59 Å². The summed E-state index contributed by atoms with van der Waals surface area (Å²) in [5.74, 6) is -1.50. The zero-order chi connectivity index (χ0) is 19.2. The molecule has 27 heavy (non-hydrogen) atoms. The van der Waals surface area contributed by atoms with E-state index in [1.54, 1.807) is 11.3 Å². The van der Waals surface area contributed by atoms with Crippen LogP contribution in [0, 0.1) is 5.82 Å². The minimum absolute atomic E-state index is 0.0745. The van der Waals surface area contributed by atoms with E-state index >= 15 is 0 Å². The maximum Gasteiger partial charge on any atom is 0.306 e. The van der Waals surface area contributed by atoms with Crippen molar-refractivity contribution in [1.82, 2.24) is 4.98 Å². The van der Waals surface area contributed by atoms with E-state index in [9.17, 15) is 14.0 Å². The summed E-state index contributed by atoms with van der Waals surface area (Å²) < 4.78 is 19.0. The Labute approximate surface area is 164 Å². The fraction of sp³-hybridized carbons (Fsp3) is 0.211. The number of carbonyl (C=O) groups excluding carboxylic acids is 2. The van der Waals surface area contributed by atoms with Crippen molar-refractivity contribution in [2.24, 2.45) is 0 Å². The van der Waals surface area contributed by atoms with Gasteiger partial charge in [0.25, 0.3) is 5.91 Å². The normalized spacial score (nSPS) is 10.7. The Morgan fingerprint density at radius 1 is 1.22 bits per heavy atom. The zero-order valence-electron chi connectivity index (χ0n) is 14.2. The maximum absolute atomic E-state index is 13.0. The van der Waals surface area contributed by atoms with Crippen LogP contribution in [0.25, 0.3) is 10.2 Å². The Balaban J connectivity index is 1.39. The number of amides is 1. The molecule has 0 atom stereocenters. The van der Waals surface area contributed by atoms with Gasteiger partial charge in [-0.2, -0.15) is 0 Å². The van der Waals surface area contributed by atoms with E-state index < -0.39 is 24.3 Å². The molecule has 1 amide bonds. The van der Waals surface area contributed by atoms with E-state index in [2.05, 4.69) is 10.3 Å². The first kappa shape index (κ1) is 19.3. The number of para-hydroxylation sites is 1. The van der Waals surface area contributed by atoms with Gasteiger partial charge in [-0.1, -0.05) is 23.7 Å². The molecule has 1 N–H and O–H groups in total. The minimum Gasteiger partial charge on any atom is -0.456 e. The molecule has 5 nitrogen and oxygen atoms in total. The molecule has 140 valence electrons. The third-order valence-corrected chi connectivity index (χ3v) is 5.09. The second-order valence-electron chi connectivity index (χ2n) is 5.76. The molecule has 3 aromatic rings. The monoisotopic (exact) mass is 406 g/mol. The largest absolute Gasteiger partial charge is 0.456 e. The number of anilines is 1. The number of nitrogens with zero attached hydrogens (tertiary/aromatic N) is 1. The Bertz CT molecular complexity index is 943. The molecule has 0 bridgehead atoms. The SMILES string of the molecule is O=C(COC(=O)CCCc1nc2ccccc2s1)Nc1ccc(F)cc1Cl. The summed E-state index contributed by atoms with van der Waals surface area (Å²) in [6.45, 7) is -0.423. The van der Waals surface area contributed by atoms with Gasteiger partial charge in [-0.25, -0.2) is 9.37 Å². The number of hydrogen-bond acceptors (Lipinski definition) is 5. The number of hydrogen-bond donors (Lipinski definition) is 1. The lowest BCUT2D eigenvalue weighted by molar-refractivity contribution is -0.147. The van der Waals surface area contributed by atoms with Crippen LogP contribution in [0.15, 0.2) is 42.5 Å². The van der Waals surface area contributed by atoms with E-state index in [-0.39, 0.29) is 17.1 Å². The molecule has 0 saturated heterocycles. The van der Waals surface area contributed by atoms with Crippen molar-refractivity contribution in [1.29, 1.82) is 0 Å². The number of carbonyl (C=O) groups is 2. The molecule has 0 unspecified atom stereocenters. The van der Waals surface area contributed by atoms with E-state index in [1.807, 2.05) is 24.3 Å². The number of halogens is 2. The van der Waals surface area contributed by atoms with Gasteiger partial charge in [0.1, 0.15) is 5.82 Å². The summed E-state index contributed by atoms with van der Waals surface area (Å²) in [6.07, 6.45) is 1.45. The summed E-state index contributed by atoms with van der Waals surface area (Å²) in [5, 5.41) is 3.51. The van der Waals surface area contributed by atoms with Crippen LogP contribution >= 0.6 is 22.9 Å². The van der Waals surface area contributed by atoms with Crippen LogP contribution in [-0.2, 0) is 20.7 Å². The van der Waals surface area contributed by atoms with Crippen molar-refractivity contribution >= 4 is 50.7 Å². The molecule has 0 aliphatic rings. The Kier molecular flexibility index (Phi) is 6.36. The van der Waals surface area contributed by atoms with Crippen molar-refractivity contribution in [2.75, 3.05) is 11.9 Å². The first-order valence-electron chi connectivity index (χ1n) is 8.26. The molecular weight excluding hydrogens is 391 g/mol. The number of benzene rings is 2. The van der Waals surface area contributed by atoms with Gasteiger partial charge >= 0.3 is 5.97 Å². The molecule has 0 saturated carbocycles. The lowest BCUT2D eigenvalue weighted by Crippen LogP contribution is -2.21. The highest BCUT2D eigenvalue weighted by molar-refractivity contribution is 7.18. The second-order valence-corrected chi connectivity index (χ2v) is 7.28. The lowest BCUT2D eigenvalue weighted by Gasteiger charge is -2.08. The summed E-state index contributed by atoms with van der Waals surface area (Å²) in [5.41, 5.74) is 1.21. The number of thiazole rings is 1. The molecule has 2 aromatic carbocycles. The molecule has 0 spiro atoms. The van der Waals surface area contributed by atoms with Crippen LogP contribution < -0.4 is 5.32 Å². The first-order valence-corrected chi connectivity index (χ1v) is 9.45. The first-order chi connectivity index (χ1) is 13.0. The smallest absolute Gasteiger partial charge is 0.306 e. The number of ether oxygens (including phenoxy) is 1. The molecule has 0 aliphatic carbocycles. The average Bonchev–Trinajstić information content (AvgIpc) is 3.05. The topological polar surface area (TPSA) is 68.3 Å². The standard InChI is InChI=1S/C19H16ClFN2O3S/c20-13-10-12(21)8-9-14(13)22-17(24)11-26-19(25)7-3-6-18-23-15-4-1-2-5-16(15)27-18/h1-2,4-5,8-10H,3,6-7,11H2,(H,22,24). The maximum atomic E-state index is 13.0.